The minimum Gasteiger partial charge on any atom is -0.379 e. The Bertz CT molecular complexity index is 403. The van der Waals surface area contributed by atoms with Crippen LogP contribution in [0, 0.1) is 0 Å². The molecular weight excluding hydrogens is 261 g/mol. The first kappa shape index (κ1) is 14.2. The molecule has 2 heterocycles. The quantitative estimate of drug-likeness (QED) is 0.885. The number of hydrogen-bond acceptors (Lipinski definition) is 5. The fourth-order valence-electron chi connectivity index (χ4n) is 2.04. The molecule has 19 heavy (non-hydrogen) atoms. The number of nitrogens with zero attached hydrogens (tertiary/aromatic N) is 3. The molecule has 0 spiro atoms. The molecular formula is C11H15F3N4O. The highest BCUT2D eigenvalue weighted by Gasteiger charge is 2.34. The van der Waals surface area contributed by atoms with Crippen LogP contribution in [0.25, 0.3) is 0 Å². The lowest BCUT2D eigenvalue weighted by Crippen LogP contribution is -2.41. The van der Waals surface area contributed by atoms with Crippen molar-refractivity contribution in [3.05, 3.63) is 23.8 Å². The van der Waals surface area contributed by atoms with E-state index in [2.05, 4.69) is 14.9 Å². The van der Waals surface area contributed by atoms with Crippen LogP contribution in [0.15, 0.2) is 12.4 Å². The van der Waals surface area contributed by atoms with E-state index in [1.54, 1.807) is 0 Å². The van der Waals surface area contributed by atoms with Crippen molar-refractivity contribution in [1.29, 1.82) is 0 Å². The molecule has 106 valence electrons. The van der Waals surface area contributed by atoms with Crippen molar-refractivity contribution >= 4 is 0 Å². The first-order valence-corrected chi connectivity index (χ1v) is 5.93. The number of halogens is 3. The number of alkyl halides is 3. The van der Waals surface area contributed by atoms with Crippen molar-refractivity contribution in [1.82, 2.24) is 14.9 Å². The van der Waals surface area contributed by atoms with Gasteiger partial charge in [0.25, 0.3) is 0 Å². The van der Waals surface area contributed by atoms with Crippen molar-refractivity contribution in [2.24, 2.45) is 5.73 Å². The largest absolute Gasteiger partial charge is 0.451 e. The van der Waals surface area contributed by atoms with Crippen LogP contribution in [0.3, 0.4) is 0 Å². The number of hydrogen-bond donors (Lipinski definition) is 1. The van der Waals surface area contributed by atoms with Gasteiger partial charge in [-0.1, -0.05) is 0 Å². The average Bonchev–Trinajstić information content (AvgIpc) is 2.40. The Morgan fingerprint density at radius 3 is 2.32 bits per heavy atom. The van der Waals surface area contributed by atoms with Gasteiger partial charge in [-0.2, -0.15) is 13.2 Å². The van der Waals surface area contributed by atoms with Gasteiger partial charge in [-0.05, 0) is 0 Å². The minimum absolute atomic E-state index is 0.175. The third-order valence-corrected chi connectivity index (χ3v) is 3.02. The molecule has 2 N–H and O–H groups in total. The molecule has 0 bridgehead atoms. The molecule has 1 saturated heterocycles. The van der Waals surface area contributed by atoms with Crippen molar-refractivity contribution < 1.29 is 17.9 Å². The maximum atomic E-state index is 12.4. The molecule has 0 aliphatic carbocycles. The van der Waals surface area contributed by atoms with Gasteiger partial charge >= 0.3 is 6.18 Å². The third kappa shape index (κ3) is 3.40. The predicted molar refractivity (Wildman–Crippen MR) is 61.2 cm³/mol. The lowest BCUT2D eigenvalue weighted by Gasteiger charge is -2.33. The SMILES string of the molecule is NCC(c1cnc(C(F)(F)F)nc1)N1CCOCC1. The van der Waals surface area contributed by atoms with Crippen LogP contribution in [0.2, 0.25) is 0 Å². The molecule has 1 fully saturated rings. The van der Waals surface area contributed by atoms with Crippen molar-refractivity contribution in [3.8, 4) is 0 Å². The van der Waals surface area contributed by atoms with Crippen LogP contribution < -0.4 is 5.73 Å². The summed E-state index contributed by atoms with van der Waals surface area (Å²) >= 11 is 0. The van der Waals surface area contributed by atoms with Gasteiger partial charge in [0.05, 0.1) is 19.3 Å². The van der Waals surface area contributed by atoms with Gasteiger partial charge in [-0.25, -0.2) is 9.97 Å². The Balaban J connectivity index is 2.14. The second kappa shape index (κ2) is 5.81. The number of nitrogens with two attached hydrogens (primary N) is 1. The van der Waals surface area contributed by atoms with Gasteiger partial charge in [0.15, 0.2) is 0 Å². The van der Waals surface area contributed by atoms with E-state index in [9.17, 15) is 13.2 Å². The summed E-state index contributed by atoms with van der Waals surface area (Å²) in [6.07, 6.45) is -2.12. The lowest BCUT2D eigenvalue weighted by molar-refractivity contribution is -0.145. The molecule has 0 amide bonds. The van der Waals surface area contributed by atoms with E-state index >= 15 is 0 Å². The van der Waals surface area contributed by atoms with E-state index in [-0.39, 0.29) is 6.04 Å². The summed E-state index contributed by atoms with van der Waals surface area (Å²) in [5.74, 6) is -1.13. The van der Waals surface area contributed by atoms with Crippen LogP contribution in [-0.4, -0.2) is 47.7 Å². The van der Waals surface area contributed by atoms with E-state index < -0.39 is 12.0 Å². The zero-order valence-corrected chi connectivity index (χ0v) is 10.2. The van der Waals surface area contributed by atoms with Crippen LogP contribution in [0.5, 0.6) is 0 Å². The second-order valence-electron chi connectivity index (χ2n) is 4.24. The number of ether oxygens (including phenoxy) is 1. The minimum atomic E-state index is -4.52. The van der Waals surface area contributed by atoms with E-state index in [4.69, 9.17) is 10.5 Å². The summed E-state index contributed by atoms with van der Waals surface area (Å²) in [7, 11) is 0. The van der Waals surface area contributed by atoms with Crippen LogP contribution >= 0.6 is 0 Å². The topological polar surface area (TPSA) is 64.3 Å². The normalized spacial score (nSPS) is 19.4. The Labute approximate surface area is 108 Å². The van der Waals surface area contributed by atoms with Crippen molar-refractivity contribution in [2.45, 2.75) is 12.2 Å². The van der Waals surface area contributed by atoms with Gasteiger partial charge in [-0.3, -0.25) is 4.90 Å². The predicted octanol–water partition coefficient (Wildman–Crippen LogP) is 0.827. The number of morpholine rings is 1. The van der Waals surface area contributed by atoms with E-state index in [0.717, 1.165) is 0 Å². The van der Waals surface area contributed by atoms with Gasteiger partial charge in [0.1, 0.15) is 0 Å². The van der Waals surface area contributed by atoms with Crippen LogP contribution in [0.1, 0.15) is 17.4 Å². The average molecular weight is 276 g/mol. The monoisotopic (exact) mass is 276 g/mol. The molecule has 1 unspecified atom stereocenters. The summed E-state index contributed by atoms with van der Waals surface area (Å²) in [6, 6.07) is -0.175. The molecule has 2 rings (SSSR count). The highest BCUT2D eigenvalue weighted by Crippen LogP contribution is 2.27. The van der Waals surface area contributed by atoms with Crippen LogP contribution in [0.4, 0.5) is 13.2 Å². The summed E-state index contributed by atoms with van der Waals surface area (Å²) in [5.41, 5.74) is 6.29. The Hall–Kier alpha value is -1.25. The standard InChI is InChI=1S/C11H15F3N4O/c12-11(13,14)10-16-6-8(7-17-10)9(5-15)18-1-3-19-4-2-18/h6-7,9H,1-5,15H2. The van der Waals surface area contributed by atoms with Crippen molar-refractivity contribution in [2.75, 3.05) is 32.8 Å². The molecule has 1 atom stereocenters. The van der Waals surface area contributed by atoms with Gasteiger partial charge in [0, 0.05) is 37.6 Å². The summed E-state index contributed by atoms with van der Waals surface area (Å²) in [5, 5.41) is 0. The van der Waals surface area contributed by atoms with E-state index in [1.807, 2.05) is 0 Å². The zero-order valence-electron chi connectivity index (χ0n) is 10.2. The first-order chi connectivity index (χ1) is 9.02. The fourth-order valence-corrected chi connectivity index (χ4v) is 2.04. The highest BCUT2D eigenvalue weighted by atomic mass is 19.4. The molecule has 0 saturated carbocycles. The number of rotatable bonds is 3. The number of aromatic nitrogens is 2. The summed E-state index contributed by atoms with van der Waals surface area (Å²) < 4.78 is 42.4. The first-order valence-electron chi connectivity index (χ1n) is 5.93. The lowest BCUT2D eigenvalue weighted by atomic mass is 10.1. The summed E-state index contributed by atoms with van der Waals surface area (Å²) in [4.78, 5) is 8.79. The zero-order chi connectivity index (χ0) is 13.9. The smallest absolute Gasteiger partial charge is 0.379 e. The molecule has 0 aromatic carbocycles. The molecule has 1 aliphatic heterocycles. The molecule has 1 aliphatic rings. The Morgan fingerprint density at radius 2 is 1.84 bits per heavy atom. The van der Waals surface area contributed by atoms with Crippen LogP contribution in [-0.2, 0) is 10.9 Å². The Kier molecular flexibility index (Phi) is 4.33. The highest BCUT2D eigenvalue weighted by molar-refractivity contribution is 5.13. The molecule has 5 nitrogen and oxygen atoms in total. The van der Waals surface area contributed by atoms with E-state index in [1.165, 1.54) is 12.4 Å². The molecule has 8 heteroatoms. The van der Waals surface area contributed by atoms with Gasteiger partial charge in [0.2, 0.25) is 5.82 Å². The van der Waals surface area contributed by atoms with Crippen molar-refractivity contribution in [3.63, 3.8) is 0 Å². The maximum Gasteiger partial charge on any atom is 0.451 e. The maximum absolute atomic E-state index is 12.4. The third-order valence-electron chi connectivity index (χ3n) is 3.02. The second-order valence-corrected chi connectivity index (χ2v) is 4.24. The molecule has 1 aromatic heterocycles. The molecule has 1 aromatic rings. The van der Waals surface area contributed by atoms with E-state index in [0.29, 0.717) is 38.4 Å². The molecule has 0 radical (unpaired) electrons. The van der Waals surface area contributed by atoms with Gasteiger partial charge in [-0.15, -0.1) is 0 Å². The fraction of sp³-hybridized carbons (Fsp3) is 0.636. The summed E-state index contributed by atoms with van der Waals surface area (Å²) in [6.45, 7) is 2.89. The van der Waals surface area contributed by atoms with Gasteiger partial charge < -0.3 is 10.5 Å². The Morgan fingerprint density at radius 1 is 1.26 bits per heavy atom.